The van der Waals surface area contributed by atoms with Gasteiger partial charge in [-0.1, -0.05) is 0 Å². The Kier molecular flexibility index (Phi) is 3.27. The highest BCUT2D eigenvalue weighted by molar-refractivity contribution is 7.99. The molecule has 92 valence electrons. The van der Waals surface area contributed by atoms with Crippen molar-refractivity contribution in [2.24, 2.45) is 0 Å². The van der Waals surface area contributed by atoms with E-state index >= 15 is 0 Å². The molecule has 1 aromatic rings. The minimum Gasteiger partial charge on any atom is -0.508 e. The fraction of sp³-hybridized carbons (Fsp3) is 0.538. The van der Waals surface area contributed by atoms with E-state index in [0.29, 0.717) is 11.7 Å². The van der Waals surface area contributed by atoms with Crippen molar-refractivity contribution in [1.29, 1.82) is 0 Å². The van der Waals surface area contributed by atoms with Gasteiger partial charge in [-0.25, -0.2) is 0 Å². The number of aromatic hydroxyl groups is 1. The van der Waals surface area contributed by atoms with Crippen molar-refractivity contribution in [3.05, 3.63) is 23.8 Å². The number of hydrogen-bond acceptors (Lipinski definition) is 4. The van der Waals surface area contributed by atoms with Crippen LogP contribution in [0.4, 0.5) is 0 Å². The van der Waals surface area contributed by atoms with Crippen molar-refractivity contribution in [3.63, 3.8) is 0 Å². The van der Waals surface area contributed by atoms with Crippen molar-refractivity contribution in [2.75, 3.05) is 38.5 Å². The van der Waals surface area contributed by atoms with Gasteiger partial charge in [0.15, 0.2) is 0 Å². The summed E-state index contributed by atoms with van der Waals surface area (Å²) >= 11 is 1.92. The lowest BCUT2D eigenvalue weighted by atomic mass is 10.00. The fourth-order valence-electron chi connectivity index (χ4n) is 2.62. The van der Waals surface area contributed by atoms with E-state index < -0.39 is 0 Å². The number of nitrogens with zero attached hydrogens (tertiary/aromatic N) is 1. The molecule has 17 heavy (non-hydrogen) atoms. The van der Waals surface area contributed by atoms with E-state index in [0.717, 1.165) is 38.5 Å². The Morgan fingerprint density at radius 3 is 3.00 bits per heavy atom. The van der Waals surface area contributed by atoms with Crippen LogP contribution < -0.4 is 5.32 Å². The van der Waals surface area contributed by atoms with Gasteiger partial charge in [-0.2, -0.15) is 0 Å². The maximum Gasteiger partial charge on any atom is 0.115 e. The van der Waals surface area contributed by atoms with Crippen molar-refractivity contribution < 1.29 is 5.11 Å². The Labute approximate surface area is 106 Å². The first-order valence-corrected chi connectivity index (χ1v) is 7.20. The zero-order valence-electron chi connectivity index (χ0n) is 9.85. The first-order chi connectivity index (χ1) is 8.33. The molecule has 0 amide bonds. The third kappa shape index (κ3) is 2.44. The van der Waals surface area contributed by atoms with Gasteiger partial charge in [0, 0.05) is 49.3 Å². The van der Waals surface area contributed by atoms with E-state index in [2.05, 4.69) is 10.2 Å². The lowest BCUT2D eigenvalue weighted by molar-refractivity contribution is 0.231. The van der Waals surface area contributed by atoms with Crippen molar-refractivity contribution in [2.45, 2.75) is 10.8 Å². The minimum atomic E-state index is 0.400. The fourth-order valence-corrected chi connectivity index (χ4v) is 3.85. The normalized spacial score (nSPS) is 24.8. The highest BCUT2D eigenvalue weighted by atomic mass is 32.2. The molecular weight excluding hydrogens is 232 g/mol. The zero-order valence-corrected chi connectivity index (χ0v) is 10.7. The lowest BCUT2D eigenvalue weighted by Gasteiger charge is -2.29. The second-order valence-corrected chi connectivity index (χ2v) is 5.84. The SMILES string of the molecule is Oc1ccc2c(c1)C(CN1CCNCC1)CS2. The number of thioether (sulfide) groups is 1. The van der Waals surface area contributed by atoms with Crippen LogP contribution in [0, 0.1) is 0 Å². The maximum absolute atomic E-state index is 9.59. The van der Waals surface area contributed by atoms with Crippen LogP contribution in [0.1, 0.15) is 11.5 Å². The second kappa shape index (κ2) is 4.88. The Hall–Kier alpha value is -0.710. The Balaban J connectivity index is 1.72. The molecule has 1 fully saturated rings. The van der Waals surface area contributed by atoms with Gasteiger partial charge < -0.3 is 15.3 Å². The van der Waals surface area contributed by atoms with Gasteiger partial charge in [-0.05, 0) is 23.8 Å². The first kappa shape index (κ1) is 11.4. The van der Waals surface area contributed by atoms with Crippen LogP contribution in [-0.2, 0) is 0 Å². The molecule has 0 aliphatic carbocycles. The standard InChI is InChI=1S/C13H18N2OS/c16-11-1-2-13-12(7-11)10(9-17-13)8-15-5-3-14-4-6-15/h1-2,7,10,14,16H,3-6,8-9H2. The molecule has 2 aliphatic heterocycles. The third-order valence-electron chi connectivity index (χ3n) is 3.56. The van der Waals surface area contributed by atoms with Crippen molar-refractivity contribution in [1.82, 2.24) is 10.2 Å². The first-order valence-electron chi connectivity index (χ1n) is 6.22. The van der Waals surface area contributed by atoms with Gasteiger partial charge in [0.2, 0.25) is 0 Å². The summed E-state index contributed by atoms with van der Waals surface area (Å²) in [4.78, 5) is 3.88. The number of hydrogen-bond donors (Lipinski definition) is 2. The van der Waals surface area contributed by atoms with Gasteiger partial charge in [0.1, 0.15) is 5.75 Å². The van der Waals surface area contributed by atoms with Crippen LogP contribution in [0.2, 0.25) is 0 Å². The van der Waals surface area contributed by atoms with Gasteiger partial charge in [-0.3, -0.25) is 0 Å². The Bertz CT molecular complexity index is 404. The average molecular weight is 250 g/mol. The van der Waals surface area contributed by atoms with E-state index in [9.17, 15) is 5.11 Å². The van der Waals surface area contributed by atoms with E-state index in [4.69, 9.17) is 0 Å². The van der Waals surface area contributed by atoms with Gasteiger partial charge >= 0.3 is 0 Å². The summed E-state index contributed by atoms with van der Waals surface area (Å²) in [5.74, 6) is 2.14. The molecular formula is C13H18N2OS. The third-order valence-corrected chi connectivity index (χ3v) is 4.81. The summed E-state index contributed by atoms with van der Waals surface area (Å²) in [6.07, 6.45) is 0. The lowest BCUT2D eigenvalue weighted by Crippen LogP contribution is -2.45. The molecule has 2 N–H and O–H groups in total. The molecule has 4 heteroatoms. The number of phenolic OH excluding ortho intramolecular Hbond substituents is 1. The number of rotatable bonds is 2. The Morgan fingerprint density at radius 1 is 1.35 bits per heavy atom. The summed E-state index contributed by atoms with van der Waals surface area (Å²) in [5.41, 5.74) is 1.34. The Morgan fingerprint density at radius 2 is 2.18 bits per heavy atom. The van der Waals surface area contributed by atoms with Crippen LogP contribution >= 0.6 is 11.8 Å². The van der Waals surface area contributed by atoms with Gasteiger partial charge in [0.05, 0.1) is 0 Å². The van der Waals surface area contributed by atoms with Gasteiger partial charge in [0.25, 0.3) is 0 Å². The van der Waals surface area contributed by atoms with E-state index in [1.54, 1.807) is 6.07 Å². The highest BCUT2D eigenvalue weighted by Crippen LogP contribution is 2.41. The molecule has 0 radical (unpaired) electrons. The summed E-state index contributed by atoms with van der Waals surface area (Å²) < 4.78 is 0. The molecule has 0 aromatic heterocycles. The number of benzene rings is 1. The number of phenols is 1. The molecule has 2 heterocycles. The molecule has 1 unspecified atom stereocenters. The number of piperazine rings is 1. The summed E-state index contributed by atoms with van der Waals surface area (Å²) in [6, 6.07) is 5.79. The number of nitrogens with one attached hydrogen (secondary N) is 1. The molecule has 1 aromatic carbocycles. The summed E-state index contributed by atoms with van der Waals surface area (Å²) in [6.45, 7) is 5.63. The molecule has 3 nitrogen and oxygen atoms in total. The maximum atomic E-state index is 9.59. The highest BCUT2D eigenvalue weighted by Gasteiger charge is 2.25. The topological polar surface area (TPSA) is 35.5 Å². The van der Waals surface area contributed by atoms with E-state index in [1.807, 2.05) is 23.9 Å². The quantitative estimate of drug-likeness (QED) is 0.833. The smallest absolute Gasteiger partial charge is 0.115 e. The molecule has 0 spiro atoms. The summed E-state index contributed by atoms with van der Waals surface area (Å²) in [7, 11) is 0. The molecule has 0 bridgehead atoms. The predicted molar refractivity (Wildman–Crippen MR) is 70.9 cm³/mol. The van der Waals surface area contributed by atoms with Gasteiger partial charge in [-0.15, -0.1) is 11.8 Å². The molecule has 2 aliphatic rings. The van der Waals surface area contributed by atoms with Crippen molar-refractivity contribution >= 4 is 11.8 Å². The van der Waals surface area contributed by atoms with Crippen LogP contribution in [0.15, 0.2) is 23.1 Å². The average Bonchev–Trinajstić information content (AvgIpc) is 2.73. The van der Waals surface area contributed by atoms with Crippen LogP contribution in [0.5, 0.6) is 5.75 Å². The zero-order chi connectivity index (χ0) is 11.7. The van der Waals surface area contributed by atoms with E-state index in [-0.39, 0.29) is 0 Å². The molecule has 0 saturated carbocycles. The monoisotopic (exact) mass is 250 g/mol. The van der Waals surface area contributed by atoms with Crippen molar-refractivity contribution in [3.8, 4) is 5.75 Å². The second-order valence-electron chi connectivity index (χ2n) is 4.78. The number of fused-ring (bicyclic) bond motifs is 1. The summed E-state index contributed by atoms with van der Waals surface area (Å²) in [5, 5.41) is 13.0. The molecule has 1 saturated heterocycles. The van der Waals surface area contributed by atoms with Crippen LogP contribution in [-0.4, -0.2) is 48.5 Å². The largest absolute Gasteiger partial charge is 0.508 e. The molecule has 1 atom stereocenters. The van der Waals surface area contributed by atoms with E-state index in [1.165, 1.54) is 10.5 Å². The molecule has 3 rings (SSSR count). The van der Waals surface area contributed by atoms with Crippen LogP contribution in [0.25, 0.3) is 0 Å². The van der Waals surface area contributed by atoms with Crippen LogP contribution in [0.3, 0.4) is 0 Å². The minimum absolute atomic E-state index is 0.400. The predicted octanol–water partition coefficient (Wildman–Crippen LogP) is 1.49.